The van der Waals surface area contributed by atoms with Crippen LogP contribution in [0.2, 0.25) is 0 Å². The minimum absolute atomic E-state index is 0.0104. The summed E-state index contributed by atoms with van der Waals surface area (Å²) in [5.41, 5.74) is 0. The summed E-state index contributed by atoms with van der Waals surface area (Å²) < 4.78 is 0. The Kier molecular flexibility index (Phi) is 8.34. The van der Waals surface area contributed by atoms with Crippen molar-refractivity contribution in [3.63, 3.8) is 0 Å². The lowest BCUT2D eigenvalue weighted by Crippen LogP contribution is -2.55. The van der Waals surface area contributed by atoms with Gasteiger partial charge in [-0.05, 0) is 33.1 Å². The molecule has 154 valence electrons. The first-order valence-corrected chi connectivity index (χ1v) is 10.1. The fourth-order valence-electron chi connectivity index (χ4n) is 3.33. The Labute approximate surface area is 163 Å². The highest BCUT2D eigenvalue weighted by atomic mass is 16.2. The lowest BCUT2D eigenvalue weighted by molar-refractivity contribution is -0.133. The smallest absolute Gasteiger partial charge is 0.243 e. The van der Waals surface area contributed by atoms with Crippen LogP contribution in [0.5, 0.6) is 0 Å². The van der Waals surface area contributed by atoms with Crippen molar-refractivity contribution < 1.29 is 9.59 Å². The second kappa shape index (κ2) is 10.5. The van der Waals surface area contributed by atoms with E-state index in [1.54, 1.807) is 19.0 Å². The summed E-state index contributed by atoms with van der Waals surface area (Å²) in [4.78, 5) is 36.8. The zero-order valence-electron chi connectivity index (χ0n) is 17.4. The number of piperazine rings is 1. The lowest BCUT2D eigenvalue weighted by Gasteiger charge is -2.38. The van der Waals surface area contributed by atoms with Gasteiger partial charge in [0.15, 0.2) is 5.96 Å². The maximum absolute atomic E-state index is 12.5. The Morgan fingerprint density at radius 2 is 1.59 bits per heavy atom. The van der Waals surface area contributed by atoms with Gasteiger partial charge < -0.3 is 20.0 Å². The maximum atomic E-state index is 12.5. The van der Waals surface area contributed by atoms with Crippen LogP contribution in [0.15, 0.2) is 4.99 Å². The molecule has 27 heavy (non-hydrogen) atoms. The van der Waals surface area contributed by atoms with Crippen molar-refractivity contribution in [3.8, 4) is 0 Å². The minimum atomic E-state index is -0.0104. The Balaban J connectivity index is 1.85. The predicted octanol–water partition coefficient (Wildman–Crippen LogP) is 0.0587. The van der Waals surface area contributed by atoms with Crippen molar-refractivity contribution >= 4 is 17.8 Å². The van der Waals surface area contributed by atoms with E-state index in [-0.39, 0.29) is 24.4 Å². The molecule has 8 heteroatoms. The minimum Gasteiger partial charge on any atom is -0.354 e. The fourth-order valence-corrected chi connectivity index (χ4v) is 3.33. The Bertz CT molecular complexity index is 520. The molecule has 2 heterocycles. The third kappa shape index (κ3) is 7.01. The van der Waals surface area contributed by atoms with Crippen LogP contribution in [0, 0.1) is 0 Å². The van der Waals surface area contributed by atoms with Crippen LogP contribution < -0.4 is 5.32 Å². The number of amides is 2. The lowest BCUT2D eigenvalue weighted by atomic mass is 10.1. The summed E-state index contributed by atoms with van der Waals surface area (Å²) in [6, 6.07) is 0.247. The number of rotatable bonds is 5. The number of piperidine rings is 1. The molecule has 0 aromatic rings. The molecule has 0 aromatic heterocycles. The van der Waals surface area contributed by atoms with E-state index in [1.807, 2.05) is 4.90 Å². The molecule has 0 saturated carbocycles. The number of nitrogens with one attached hydrogen (secondary N) is 1. The molecule has 0 radical (unpaired) electrons. The SMILES string of the molecule is CC(C)NC(=NCC(=O)N(C)C)N1CCN(CC(=O)N2CCCCC2)CC1. The molecule has 2 aliphatic rings. The van der Waals surface area contributed by atoms with Gasteiger partial charge in [-0.2, -0.15) is 0 Å². The molecule has 0 spiro atoms. The zero-order valence-corrected chi connectivity index (χ0v) is 17.4. The zero-order chi connectivity index (χ0) is 19.8. The van der Waals surface area contributed by atoms with E-state index in [0.717, 1.165) is 58.1 Å². The van der Waals surface area contributed by atoms with Crippen molar-refractivity contribution in [1.29, 1.82) is 0 Å². The highest BCUT2D eigenvalue weighted by Gasteiger charge is 2.24. The summed E-state index contributed by atoms with van der Waals surface area (Å²) in [5, 5.41) is 3.36. The summed E-state index contributed by atoms with van der Waals surface area (Å²) >= 11 is 0. The van der Waals surface area contributed by atoms with Crippen molar-refractivity contribution in [2.75, 3.05) is 66.5 Å². The van der Waals surface area contributed by atoms with Crippen LogP contribution in [0.3, 0.4) is 0 Å². The summed E-state index contributed by atoms with van der Waals surface area (Å²) in [5.74, 6) is 1.03. The van der Waals surface area contributed by atoms with E-state index in [9.17, 15) is 9.59 Å². The molecule has 0 aliphatic carbocycles. The first kappa shape index (κ1) is 21.5. The van der Waals surface area contributed by atoms with Gasteiger partial charge in [-0.15, -0.1) is 0 Å². The molecule has 8 nitrogen and oxygen atoms in total. The van der Waals surface area contributed by atoms with Gasteiger partial charge in [-0.25, -0.2) is 4.99 Å². The van der Waals surface area contributed by atoms with Crippen LogP contribution in [-0.2, 0) is 9.59 Å². The second-order valence-electron chi connectivity index (χ2n) is 7.93. The van der Waals surface area contributed by atoms with Crippen LogP contribution in [0.1, 0.15) is 33.1 Å². The molecule has 0 unspecified atom stereocenters. The van der Waals surface area contributed by atoms with Crippen molar-refractivity contribution in [2.24, 2.45) is 4.99 Å². The van der Waals surface area contributed by atoms with E-state index in [2.05, 4.69) is 34.0 Å². The topological polar surface area (TPSA) is 71.5 Å². The molecule has 0 aromatic carbocycles. The third-order valence-corrected chi connectivity index (χ3v) is 5.02. The van der Waals surface area contributed by atoms with Crippen LogP contribution >= 0.6 is 0 Å². The second-order valence-corrected chi connectivity index (χ2v) is 7.93. The van der Waals surface area contributed by atoms with Gasteiger partial charge in [-0.1, -0.05) is 0 Å². The van der Waals surface area contributed by atoms with Crippen LogP contribution in [-0.4, -0.2) is 110 Å². The highest BCUT2D eigenvalue weighted by Crippen LogP contribution is 2.10. The Hall–Kier alpha value is -1.83. The van der Waals surface area contributed by atoms with E-state index in [1.165, 1.54) is 6.42 Å². The van der Waals surface area contributed by atoms with E-state index < -0.39 is 0 Å². The Morgan fingerprint density at radius 1 is 0.963 bits per heavy atom. The van der Waals surface area contributed by atoms with Crippen molar-refractivity contribution in [3.05, 3.63) is 0 Å². The number of nitrogens with zero attached hydrogens (tertiary/aromatic N) is 5. The third-order valence-electron chi connectivity index (χ3n) is 5.02. The van der Waals surface area contributed by atoms with Crippen molar-refractivity contribution in [2.45, 2.75) is 39.2 Å². The summed E-state index contributed by atoms with van der Waals surface area (Å²) in [6.07, 6.45) is 3.50. The highest BCUT2D eigenvalue weighted by molar-refractivity contribution is 5.85. The van der Waals surface area contributed by atoms with Gasteiger partial charge in [0.25, 0.3) is 0 Å². The first-order chi connectivity index (χ1) is 12.9. The molecular formula is C19H36N6O2. The number of aliphatic imine (C=N–C) groups is 1. The number of hydrogen-bond acceptors (Lipinski definition) is 4. The summed E-state index contributed by atoms with van der Waals surface area (Å²) in [6.45, 7) is 9.89. The summed E-state index contributed by atoms with van der Waals surface area (Å²) in [7, 11) is 3.48. The maximum Gasteiger partial charge on any atom is 0.243 e. The molecular weight excluding hydrogens is 344 g/mol. The molecule has 2 aliphatic heterocycles. The van der Waals surface area contributed by atoms with E-state index in [0.29, 0.717) is 6.54 Å². The van der Waals surface area contributed by atoms with Gasteiger partial charge in [0.05, 0.1) is 6.54 Å². The first-order valence-electron chi connectivity index (χ1n) is 10.1. The van der Waals surface area contributed by atoms with Gasteiger partial charge in [0.1, 0.15) is 6.54 Å². The molecule has 2 fully saturated rings. The molecule has 0 atom stereocenters. The standard InChI is InChI=1S/C19H36N6O2/c1-16(2)21-19(20-14-17(26)22(3)4)25-12-10-23(11-13-25)15-18(27)24-8-6-5-7-9-24/h16H,5-15H2,1-4H3,(H,20,21). The average Bonchev–Trinajstić information content (AvgIpc) is 2.65. The number of carbonyl (C=O) groups is 2. The molecule has 2 amide bonds. The van der Waals surface area contributed by atoms with E-state index >= 15 is 0 Å². The van der Waals surface area contributed by atoms with Gasteiger partial charge in [0, 0.05) is 59.4 Å². The number of likely N-dealkylation sites (N-methyl/N-ethyl adjacent to an activating group) is 1. The monoisotopic (exact) mass is 380 g/mol. The molecule has 2 saturated heterocycles. The quantitative estimate of drug-likeness (QED) is 0.539. The van der Waals surface area contributed by atoms with Crippen LogP contribution in [0.25, 0.3) is 0 Å². The normalized spacial score (nSPS) is 19.4. The fraction of sp³-hybridized carbons (Fsp3) is 0.842. The number of likely N-dealkylation sites (tertiary alicyclic amines) is 1. The van der Waals surface area contributed by atoms with Crippen LogP contribution in [0.4, 0.5) is 0 Å². The van der Waals surface area contributed by atoms with Gasteiger partial charge in [0.2, 0.25) is 11.8 Å². The van der Waals surface area contributed by atoms with Gasteiger partial charge in [-0.3, -0.25) is 14.5 Å². The van der Waals surface area contributed by atoms with Crippen molar-refractivity contribution in [1.82, 2.24) is 24.9 Å². The molecule has 1 N–H and O–H groups in total. The molecule has 0 bridgehead atoms. The number of hydrogen-bond donors (Lipinski definition) is 1. The average molecular weight is 381 g/mol. The Morgan fingerprint density at radius 3 is 2.15 bits per heavy atom. The number of guanidine groups is 1. The van der Waals surface area contributed by atoms with E-state index in [4.69, 9.17) is 0 Å². The predicted molar refractivity (Wildman–Crippen MR) is 108 cm³/mol. The number of carbonyl (C=O) groups excluding carboxylic acids is 2. The largest absolute Gasteiger partial charge is 0.354 e. The molecule has 2 rings (SSSR count). The van der Waals surface area contributed by atoms with Gasteiger partial charge >= 0.3 is 0 Å².